The van der Waals surface area contributed by atoms with Crippen molar-refractivity contribution in [2.24, 2.45) is 0 Å². The molecule has 0 spiro atoms. The van der Waals surface area contributed by atoms with Crippen LogP contribution in [0.25, 0.3) is 0 Å². The first kappa shape index (κ1) is 17.4. The Morgan fingerprint density at radius 3 is 2.06 bits per heavy atom. The van der Waals surface area contributed by atoms with Gasteiger partial charge in [0.2, 0.25) is 10.2 Å². The fourth-order valence-electron chi connectivity index (χ4n) is 0.883. The lowest BCUT2D eigenvalue weighted by Crippen LogP contribution is -2.49. The zero-order chi connectivity index (χ0) is 13.5. The van der Waals surface area contributed by atoms with Gasteiger partial charge in [0.15, 0.2) is 0 Å². The normalized spacial score (nSPS) is 14.4. The Hall–Kier alpha value is 0.450. The lowest BCUT2D eigenvalue weighted by Gasteiger charge is -2.28. The molecule has 17 heavy (non-hydrogen) atoms. The molecule has 1 unspecified atom stereocenters. The Kier molecular flexibility index (Phi) is 8.00. The zero-order valence-electron chi connectivity index (χ0n) is 9.28. The van der Waals surface area contributed by atoms with Crippen LogP contribution in [0.4, 0.5) is 0 Å². The van der Waals surface area contributed by atoms with Crippen LogP contribution >= 0.6 is 42.5 Å². The van der Waals surface area contributed by atoms with E-state index in [-0.39, 0.29) is 13.2 Å². The van der Waals surface area contributed by atoms with Crippen LogP contribution < -0.4 is 10.4 Å². The van der Waals surface area contributed by atoms with E-state index in [4.69, 9.17) is 43.9 Å². The van der Waals surface area contributed by atoms with Crippen molar-refractivity contribution in [2.75, 3.05) is 13.2 Å². The maximum absolute atomic E-state index is 12.1. The molecule has 10 heteroatoms. The highest BCUT2D eigenvalue weighted by atomic mass is 35.6. The molecule has 1 atom stereocenters. The van der Waals surface area contributed by atoms with Gasteiger partial charge >= 0.3 is 7.75 Å². The third-order valence-corrected chi connectivity index (χ3v) is 3.87. The predicted octanol–water partition coefficient (Wildman–Crippen LogP) is 2.20. The molecule has 0 rings (SSSR count). The summed E-state index contributed by atoms with van der Waals surface area (Å²) in [5.74, 6) is 0. The molecule has 0 saturated carbocycles. The smallest absolute Gasteiger partial charge is 0.339 e. The Balaban J connectivity index is 4.79. The minimum atomic E-state index is -3.63. The summed E-state index contributed by atoms with van der Waals surface area (Å²) in [6.07, 6.45) is -0.893. The Labute approximate surface area is 115 Å². The summed E-state index contributed by atoms with van der Waals surface area (Å²) in [6.45, 7) is 3.53. The second kappa shape index (κ2) is 7.79. The summed E-state index contributed by atoms with van der Waals surface area (Å²) in [7, 11) is -3.63. The summed E-state index contributed by atoms with van der Waals surface area (Å²) in [5.41, 5.74) is 0. The van der Waals surface area contributed by atoms with Crippen LogP contribution in [0.2, 0.25) is 0 Å². The topological polar surface area (TPSA) is 76.7 Å². The SMILES string of the molecule is CCOP(=O)(NC(NC=O)C(Cl)(Cl)Cl)OCC. The van der Waals surface area contributed by atoms with Crippen molar-refractivity contribution in [1.82, 2.24) is 10.4 Å². The van der Waals surface area contributed by atoms with Gasteiger partial charge in [0.05, 0.1) is 13.2 Å². The van der Waals surface area contributed by atoms with E-state index in [0.29, 0.717) is 6.41 Å². The van der Waals surface area contributed by atoms with E-state index in [9.17, 15) is 9.36 Å². The number of rotatable bonds is 8. The van der Waals surface area contributed by atoms with Gasteiger partial charge in [-0.3, -0.25) is 13.8 Å². The molecule has 0 bridgehead atoms. The number of amides is 1. The van der Waals surface area contributed by atoms with Crippen LogP contribution in [0.15, 0.2) is 0 Å². The molecular formula is C7H14Cl3N2O4P. The number of hydrogen-bond acceptors (Lipinski definition) is 4. The first-order valence-corrected chi connectivity index (χ1v) is 7.40. The molecule has 0 aromatic rings. The monoisotopic (exact) mass is 326 g/mol. The summed E-state index contributed by atoms with van der Waals surface area (Å²) in [4.78, 5) is 10.4. The van der Waals surface area contributed by atoms with Crippen molar-refractivity contribution in [2.45, 2.75) is 23.8 Å². The van der Waals surface area contributed by atoms with Gasteiger partial charge in [0.1, 0.15) is 6.17 Å². The minimum absolute atomic E-state index is 0.137. The highest BCUT2D eigenvalue weighted by Gasteiger charge is 2.39. The first-order chi connectivity index (χ1) is 7.79. The molecule has 0 aliphatic heterocycles. The van der Waals surface area contributed by atoms with Gasteiger partial charge in [-0.2, -0.15) is 5.09 Å². The van der Waals surface area contributed by atoms with Gasteiger partial charge in [-0.15, -0.1) is 0 Å². The quantitative estimate of drug-likeness (QED) is 0.309. The van der Waals surface area contributed by atoms with Crippen molar-refractivity contribution < 1.29 is 18.4 Å². The largest absolute Gasteiger partial charge is 0.407 e. The number of alkyl halides is 3. The maximum Gasteiger partial charge on any atom is 0.407 e. The third kappa shape index (κ3) is 6.82. The van der Waals surface area contributed by atoms with Crippen LogP contribution in [0.3, 0.4) is 0 Å². The van der Waals surface area contributed by atoms with Crippen molar-refractivity contribution in [3.05, 3.63) is 0 Å². The molecule has 0 saturated heterocycles. The van der Waals surface area contributed by atoms with Gasteiger partial charge < -0.3 is 5.32 Å². The van der Waals surface area contributed by atoms with Crippen LogP contribution in [-0.4, -0.2) is 29.6 Å². The van der Waals surface area contributed by atoms with Gasteiger partial charge in [0.25, 0.3) is 0 Å². The molecule has 1 amide bonds. The van der Waals surface area contributed by atoms with E-state index >= 15 is 0 Å². The van der Waals surface area contributed by atoms with Crippen molar-refractivity contribution >= 4 is 49.0 Å². The average molecular weight is 328 g/mol. The highest BCUT2D eigenvalue weighted by Crippen LogP contribution is 2.46. The second-order valence-corrected chi connectivity index (χ2v) is 6.86. The van der Waals surface area contributed by atoms with Gasteiger partial charge in [0, 0.05) is 0 Å². The molecule has 0 aromatic heterocycles. The summed E-state index contributed by atoms with van der Waals surface area (Å²) < 4.78 is 20.0. The molecule has 0 aromatic carbocycles. The van der Waals surface area contributed by atoms with Gasteiger partial charge in [-0.25, -0.2) is 4.57 Å². The van der Waals surface area contributed by atoms with Gasteiger partial charge in [-0.05, 0) is 13.8 Å². The Morgan fingerprint density at radius 2 is 1.76 bits per heavy atom. The zero-order valence-corrected chi connectivity index (χ0v) is 12.4. The number of hydrogen-bond donors (Lipinski definition) is 2. The fourth-order valence-corrected chi connectivity index (χ4v) is 2.95. The standard InChI is InChI=1S/C7H14Cl3N2O4P/c1-3-15-17(14,16-4-2)12-6(11-5-13)7(8,9)10/h5-6H,3-4H2,1-2H3,(H,11,13)(H,12,14). The number of carbonyl (C=O) groups is 1. The lowest BCUT2D eigenvalue weighted by molar-refractivity contribution is -0.110. The van der Waals surface area contributed by atoms with E-state index < -0.39 is 17.7 Å². The average Bonchev–Trinajstić information content (AvgIpc) is 2.16. The Bertz CT molecular complexity index is 277. The number of nitrogens with one attached hydrogen (secondary N) is 2. The van der Waals surface area contributed by atoms with Crippen molar-refractivity contribution in [1.29, 1.82) is 0 Å². The summed E-state index contributed by atoms with van der Waals surface area (Å²) in [5, 5.41) is 4.52. The van der Waals surface area contributed by atoms with Crippen LogP contribution in [-0.2, 0) is 18.4 Å². The van der Waals surface area contributed by atoms with E-state index in [1.165, 1.54) is 0 Å². The van der Waals surface area contributed by atoms with E-state index in [1.807, 2.05) is 0 Å². The maximum atomic E-state index is 12.1. The van der Waals surface area contributed by atoms with Gasteiger partial charge in [-0.1, -0.05) is 34.8 Å². The molecule has 0 radical (unpaired) electrons. The van der Waals surface area contributed by atoms with E-state index in [2.05, 4.69) is 10.4 Å². The molecule has 102 valence electrons. The van der Waals surface area contributed by atoms with Crippen LogP contribution in [0.1, 0.15) is 13.8 Å². The molecular weight excluding hydrogens is 313 g/mol. The molecule has 0 aliphatic rings. The molecule has 0 heterocycles. The lowest BCUT2D eigenvalue weighted by atomic mass is 10.6. The third-order valence-electron chi connectivity index (χ3n) is 1.45. The number of halogens is 3. The van der Waals surface area contributed by atoms with E-state index in [0.717, 1.165) is 0 Å². The van der Waals surface area contributed by atoms with Crippen molar-refractivity contribution in [3.8, 4) is 0 Å². The molecule has 0 fully saturated rings. The van der Waals surface area contributed by atoms with Crippen LogP contribution in [0, 0.1) is 0 Å². The van der Waals surface area contributed by atoms with E-state index in [1.54, 1.807) is 13.8 Å². The molecule has 2 N–H and O–H groups in total. The molecule has 0 aliphatic carbocycles. The summed E-state index contributed by atoms with van der Waals surface area (Å²) in [6, 6.07) is 0. The first-order valence-electron chi connectivity index (χ1n) is 4.72. The number of carbonyl (C=O) groups excluding carboxylic acids is 1. The predicted molar refractivity (Wildman–Crippen MR) is 67.3 cm³/mol. The second-order valence-electron chi connectivity index (χ2n) is 2.72. The summed E-state index contributed by atoms with van der Waals surface area (Å²) >= 11 is 16.8. The highest BCUT2D eigenvalue weighted by molar-refractivity contribution is 7.51. The fraction of sp³-hybridized carbons (Fsp3) is 0.857. The molecule has 6 nitrogen and oxygen atoms in total. The van der Waals surface area contributed by atoms with Crippen molar-refractivity contribution in [3.63, 3.8) is 0 Å². The minimum Gasteiger partial charge on any atom is -0.339 e. The Morgan fingerprint density at radius 1 is 1.29 bits per heavy atom. The van der Waals surface area contributed by atoms with Crippen LogP contribution in [0.5, 0.6) is 0 Å².